The van der Waals surface area contributed by atoms with Crippen molar-refractivity contribution in [2.75, 3.05) is 6.54 Å². The molecule has 2 aromatic heterocycles. The zero-order valence-corrected chi connectivity index (χ0v) is 15.4. The van der Waals surface area contributed by atoms with Gasteiger partial charge in [0.15, 0.2) is 5.65 Å². The molecule has 0 radical (unpaired) electrons. The lowest BCUT2D eigenvalue weighted by Crippen LogP contribution is -2.38. The Bertz CT molecular complexity index is 1010. The van der Waals surface area contributed by atoms with E-state index in [4.69, 9.17) is 0 Å². The first-order chi connectivity index (χ1) is 13.1. The normalized spacial score (nSPS) is 17.4. The molecule has 0 aliphatic carbocycles. The zero-order valence-electron chi connectivity index (χ0n) is 15.4. The number of aromatic nitrogens is 4. The third-order valence-electron chi connectivity index (χ3n) is 5.23. The van der Waals surface area contributed by atoms with E-state index in [0.29, 0.717) is 29.7 Å². The molecule has 3 heterocycles. The van der Waals surface area contributed by atoms with Gasteiger partial charge in [-0.25, -0.2) is 4.98 Å². The van der Waals surface area contributed by atoms with Crippen LogP contribution in [-0.4, -0.2) is 37.1 Å². The van der Waals surface area contributed by atoms with E-state index in [-0.39, 0.29) is 17.5 Å². The van der Waals surface area contributed by atoms with Crippen LogP contribution in [0, 0.1) is 0 Å². The number of amides is 1. The van der Waals surface area contributed by atoms with E-state index in [1.807, 2.05) is 23.1 Å². The van der Waals surface area contributed by atoms with E-state index >= 15 is 0 Å². The van der Waals surface area contributed by atoms with Gasteiger partial charge in [-0.15, -0.1) is 0 Å². The summed E-state index contributed by atoms with van der Waals surface area (Å²) < 4.78 is 1.58. The van der Waals surface area contributed by atoms with Gasteiger partial charge in [0.2, 0.25) is 5.91 Å². The van der Waals surface area contributed by atoms with Crippen molar-refractivity contribution in [3.63, 3.8) is 0 Å². The summed E-state index contributed by atoms with van der Waals surface area (Å²) >= 11 is 0. The minimum atomic E-state index is -0.212. The number of H-pyrrole nitrogens is 1. The number of benzene rings is 1. The number of hydrogen-bond donors (Lipinski definition) is 1. The highest BCUT2D eigenvalue weighted by Crippen LogP contribution is 2.31. The van der Waals surface area contributed by atoms with Crippen LogP contribution in [0.3, 0.4) is 0 Å². The van der Waals surface area contributed by atoms with Crippen molar-refractivity contribution in [3.8, 4) is 0 Å². The standard InChI is InChI=1S/C20H23N5O2/c1-24-19-15(13-21-24)20(27)23-17(22-19)10-11-18(26)25-12-6-5-9-16(25)14-7-3-2-4-8-14/h2-4,7-8,13,16H,5-6,9-12H2,1H3,(H,22,23,27). The molecular formula is C20H23N5O2. The molecule has 140 valence electrons. The Morgan fingerprint density at radius 2 is 2.07 bits per heavy atom. The summed E-state index contributed by atoms with van der Waals surface area (Å²) in [6.45, 7) is 0.781. The van der Waals surface area contributed by atoms with Crippen molar-refractivity contribution in [1.29, 1.82) is 0 Å². The van der Waals surface area contributed by atoms with E-state index in [2.05, 4.69) is 27.2 Å². The van der Waals surface area contributed by atoms with Gasteiger partial charge < -0.3 is 9.88 Å². The van der Waals surface area contributed by atoms with E-state index in [9.17, 15) is 9.59 Å². The second-order valence-electron chi connectivity index (χ2n) is 7.03. The van der Waals surface area contributed by atoms with Crippen LogP contribution in [-0.2, 0) is 18.3 Å². The molecule has 0 bridgehead atoms. The fourth-order valence-corrected chi connectivity index (χ4v) is 3.82. The van der Waals surface area contributed by atoms with Crippen molar-refractivity contribution in [3.05, 3.63) is 58.3 Å². The molecule has 1 atom stereocenters. The topological polar surface area (TPSA) is 83.9 Å². The van der Waals surface area contributed by atoms with Gasteiger partial charge in [0.05, 0.1) is 12.2 Å². The Labute approximate surface area is 157 Å². The summed E-state index contributed by atoms with van der Waals surface area (Å²) in [5, 5.41) is 4.53. The van der Waals surface area contributed by atoms with Gasteiger partial charge in [0, 0.05) is 26.4 Å². The number of nitrogens with one attached hydrogen (secondary N) is 1. The lowest BCUT2D eigenvalue weighted by Gasteiger charge is -2.36. The van der Waals surface area contributed by atoms with Crippen LogP contribution in [0.1, 0.15) is 43.1 Å². The van der Waals surface area contributed by atoms with Gasteiger partial charge in [0.25, 0.3) is 5.56 Å². The highest BCUT2D eigenvalue weighted by molar-refractivity contribution is 5.77. The SMILES string of the molecule is Cn1ncc2c(=O)[nH]c(CCC(=O)N3CCCCC3c3ccccc3)nc21. The molecule has 4 rings (SSSR count). The van der Waals surface area contributed by atoms with E-state index in [1.54, 1.807) is 11.7 Å². The summed E-state index contributed by atoms with van der Waals surface area (Å²) in [5.41, 5.74) is 1.52. The fraction of sp³-hybridized carbons (Fsp3) is 0.400. The molecule has 27 heavy (non-hydrogen) atoms. The Hall–Kier alpha value is -2.96. The second-order valence-corrected chi connectivity index (χ2v) is 7.03. The van der Waals surface area contributed by atoms with Gasteiger partial charge in [-0.1, -0.05) is 30.3 Å². The number of carbonyl (C=O) groups is 1. The predicted octanol–water partition coefficient (Wildman–Crippen LogP) is 2.34. The highest BCUT2D eigenvalue weighted by atomic mass is 16.2. The van der Waals surface area contributed by atoms with Crippen molar-refractivity contribution >= 4 is 16.9 Å². The molecule has 0 spiro atoms. The highest BCUT2D eigenvalue weighted by Gasteiger charge is 2.27. The Morgan fingerprint density at radius 1 is 1.26 bits per heavy atom. The first kappa shape index (κ1) is 17.5. The second kappa shape index (κ2) is 7.34. The molecule has 1 saturated heterocycles. The number of rotatable bonds is 4. The van der Waals surface area contributed by atoms with Crippen LogP contribution in [0.15, 0.2) is 41.3 Å². The molecule has 1 fully saturated rings. The molecule has 7 heteroatoms. The molecule has 1 unspecified atom stereocenters. The first-order valence-electron chi connectivity index (χ1n) is 9.39. The maximum absolute atomic E-state index is 12.9. The number of nitrogens with zero attached hydrogens (tertiary/aromatic N) is 4. The lowest BCUT2D eigenvalue weighted by atomic mass is 9.95. The number of hydrogen-bond acceptors (Lipinski definition) is 4. The van der Waals surface area contributed by atoms with Crippen LogP contribution in [0.25, 0.3) is 11.0 Å². The zero-order chi connectivity index (χ0) is 18.8. The average molecular weight is 365 g/mol. The van der Waals surface area contributed by atoms with Crippen LogP contribution >= 0.6 is 0 Å². The summed E-state index contributed by atoms with van der Waals surface area (Å²) in [4.78, 5) is 34.3. The molecular weight excluding hydrogens is 342 g/mol. The lowest BCUT2D eigenvalue weighted by molar-refractivity contribution is -0.135. The van der Waals surface area contributed by atoms with E-state index < -0.39 is 0 Å². The van der Waals surface area contributed by atoms with Gasteiger partial charge in [-0.05, 0) is 24.8 Å². The van der Waals surface area contributed by atoms with Gasteiger partial charge in [-0.2, -0.15) is 5.10 Å². The van der Waals surface area contributed by atoms with Crippen molar-refractivity contribution < 1.29 is 4.79 Å². The predicted molar refractivity (Wildman–Crippen MR) is 102 cm³/mol. The Morgan fingerprint density at radius 3 is 2.89 bits per heavy atom. The Balaban J connectivity index is 1.50. The fourth-order valence-electron chi connectivity index (χ4n) is 3.82. The van der Waals surface area contributed by atoms with Crippen molar-refractivity contribution in [1.82, 2.24) is 24.6 Å². The number of piperidine rings is 1. The van der Waals surface area contributed by atoms with Gasteiger partial charge in [-0.3, -0.25) is 14.3 Å². The smallest absolute Gasteiger partial charge is 0.262 e. The summed E-state index contributed by atoms with van der Waals surface area (Å²) in [6.07, 6.45) is 5.41. The number of aromatic amines is 1. The number of likely N-dealkylation sites (tertiary alicyclic amines) is 1. The van der Waals surface area contributed by atoms with E-state index in [0.717, 1.165) is 25.8 Å². The average Bonchev–Trinajstić information content (AvgIpc) is 3.08. The van der Waals surface area contributed by atoms with Gasteiger partial charge in [0.1, 0.15) is 11.2 Å². The Kier molecular flexibility index (Phi) is 4.75. The van der Waals surface area contributed by atoms with Crippen molar-refractivity contribution in [2.45, 2.75) is 38.1 Å². The minimum Gasteiger partial charge on any atom is -0.336 e. The molecule has 1 aliphatic heterocycles. The van der Waals surface area contributed by atoms with Crippen LogP contribution in [0.2, 0.25) is 0 Å². The minimum absolute atomic E-state index is 0.108. The third-order valence-corrected chi connectivity index (χ3v) is 5.23. The summed E-state index contributed by atoms with van der Waals surface area (Å²) in [5.74, 6) is 0.633. The molecule has 1 amide bonds. The molecule has 0 saturated carbocycles. The largest absolute Gasteiger partial charge is 0.336 e. The maximum atomic E-state index is 12.9. The number of fused-ring (bicyclic) bond motifs is 1. The van der Waals surface area contributed by atoms with Crippen LogP contribution in [0.5, 0.6) is 0 Å². The molecule has 1 aliphatic rings. The van der Waals surface area contributed by atoms with Gasteiger partial charge >= 0.3 is 0 Å². The third kappa shape index (κ3) is 3.49. The molecule has 1 aromatic carbocycles. The number of carbonyl (C=O) groups excluding carboxylic acids is 1. The first-order valence-corrected chi connectivity index (χ1v) is 9.39. The maximum Gasteiger partial charge on any atom is 0.262 e. The molecule has 7 nitrogen and oxygen atoms in total. The van der Waals surface area contributed by atoms with Crippen LogP contribution in [0.4, 0.5) is 0 Å². The van der Waals surface area contributed by atoms with E-state index in [1.165, 1.54) is 11.8 Å². The molecule has 3 aromatic rings. The number of aryl methyl sites for hydroxylation is 2. The summed E-state index contributed by atoms with van der Waals surface area (Å²) in [6, 6.07) is 10.3. The monoisotopic (exact) mass is 365 g/mol. The summed E-state index contributed by atoms with van der Waals surface area (Å²) in [7, 11) is 1.75. The van der Waals surface area contributed by atoms with Crippen molar-refractivity contribution in [2.24, 2.45) is 7.05 Å². The molecule has 1 N–H and O–H groups in total. The quantitative estimate of drug-likeness (QED) is 0.769. The van der Waals surface area contributed by atoms with Crippen LogP contribution < -0.4 is 5.56 Å².